The van der Waals surface area contributed by atoms with Gasteiger partial charge >= 0.3 is 0 Å². The van der Waals surface area contributed by atoms with E-state index in [1.807, 2.05) is 34.7 Å². The van der Waals surface area contributed by atoms with Gasteiger partial charge < -0.3 is 9.97 Å². The molecule has 0 fully saturated rings. The van der Waals surface area contributed by atoms with Gasteiger partial charge in [-0.1, -0.05) is 130 Å². The number of hydrogen-bond acceptors (Lipinski definition) is 10. The maximum atomic E-state index is 12.8. The molecule has 12 rings (SSSR count). The fourth-order valence-electron chi connectivity index (χ4n) is 16.2. The first-order valence-corrected chi connectivity index (χ1v) is 41.5. The van der Waals surface area contributed by atoms with Crippen LogP contribution in [0, 0.1) is 164 Å². The molecule has 5 aromatic carbocycles. The van der Waals surface area contributed by atoms with E-state index < -0.39 is 0 Å². The van der Waals surface area contributed by atoms with Crippen molar-refractivity contribution in [2.24, 2.45) is 23.4 Å². The molecule has 2 unspecified atom stereocenters. The van der Waals surface area contributed by atoms with Gasteiger partial charge in [-0.25, -0.2) is 19.9 Å². The quantitative estimate of drug-likeness (QED) is 0.149. The van der Waals surface area contributed by atoms with Crippen molar-refractivity contribution in [3.63, 3.8) is 0 Å². The number of allylic oxidation sites excluding steroid dienone is 2. The number of rotatable bonds is 0. The van der Waals surface area contributed by atoms with Crippen molar-refractivity contribution < 1.29 is 4.79 Å². The molecule has 2 N–H and O–H groups in total. The molecular formula is C102H143N9O4. The van der Waals surface area contributed by atoms with Crippen LogP contribution in [-0.2, 0) is 38.9 Å². The molecule has 13 nitrogen and oxygen atoms in total. The molecule has 1 aliphatic heterocycles. The summed E-state index contributed by atoms with van der Waals surface area (Å²) in [7, 11) is 1.82. The number of aryl methyl sites for hydroxylation is 12. The minimum atomic E-state index is -0.160. The van der Waals surface area contributed by atoms with Gasteiger partial charge in [0.1, 0.15) is 17.5 Å². The second kappa shape index (κ2) is 33.3. The van der Waals surface area contributed by atoms with E-state index in [4.69, 9.17) is 29.9 Å². The van der Waals surface area contributed by atoms with Crippen molar-refractivity contribution in [1.29, 1.82) is 0 Å². The van der Waals surface area contributed by atoms with E-state index in [0.29, 0.717) is 6.42 Å². The Hall–Kier alpha value is -8.84. The number of aromatic amines is 2. The van der Waals surface area contributed by atoms with Crippen LogP contribution in [0.4, 0.5) is 0 Å². The normalized spacial score (nSPS) is 14.9. The number of hydrogen-bond donors (Lipinski definition) is 2. The maximum Gasteiger partial charge on any atom is 0.261 e. The second-order valence-electron chi connectivity index (χ2n) is 40.1. The minimum Gasteiger partial charge on any atom is -0.358 e. The van der Waals surface area contributed by atoms with E-state index in [0.717, 1.165) is 101 Å². The molecule has 5 aromatic heterocycles. The van der Waals surface area contributed by atoms with E-state index in [2.05, 4.69) is 293 Å². The molecule has 6 heterocycles. The fraction of sp³-hybridized carbons (Fsp3) is 0.529. The highest BCUT2D eigenvalue weighted by Gasteiger charge is 2.40. The van der Waals surface area contributed by atoms with Gasteiger partial charge in [-0.05, 0) is 320 Å². The summed E-state index contributed by atoms with van der Waals surface area (Å²) in [6.45, 7) is 93.5. The van der Waals surface area contributed by atoms with Crippen molar-refractivity contribution in [2.45, 2.75) is 344 Å². The highest BCUT2D eigenvalue weighted by molar-refractivity contribution is 6.42. The number of aromatic nitrogens is 8. The summed E-state index contributed by atoms with van der Waals surface area (Å²) in [6, 6.07) is 4.18. The van der Waals surface area contributed by atoms with Crippen LogP contribution in [0.15, 0.2) is 53.8 Å². The van der Waals surface area contributed by atoms with Crippen LogP contribution < -0.4 is 16.5 Å². The Morgan fingerprint density at radius 3 is 1.19 bits per heavy atom. The summed E-state index contributed by atoms with van der Waals surface area (Å²) >= 11 is 0. The first kappa shape index (κ1) is 93.3. The van der Waals surface area contributed by atoms with Gasteiger partial charge in [0.15, 0.2) is 11.2 Å². The van der Waals surface area contributed by atoms with E-state index in [-0.39, 0.29) is 66.8 Å². The summed E-state index contributed by atoms with van der Waals surface area (Å²) in [6.07, 6.45) is 0.620. The number of Topliss-reactive ketones (excluding diaryl/α,β-unsaturated/α-hetero) is 1. The molecule has 115 heavy (non-hydrogen) atoms. The van der Waals surface area contributed by atoms with Gasteiger partial charge in [0, 0.05) is 91.2 Å². The molecule has 2 atom stereocenters. The molecule has 0 spiro atoms. The number of H-pyrrole nitrogens is 2. The zero-order valence-corrected chi connectivity index (χ0v) is 79.8. The van der Waals surface area contributed by atoms with Gasteiger partial charge in [-0.3, -0.25) is 33.7 Å². The monoisotopic (exact) mass is 1560 g/mol. The van der Waals surface area contributed by atoms with Crippen LogP contribution in [0.3, 0.4) is 0 Å². The van der Waals surface area contributed by atoms with Gasteiger partial charge in [-0.2, -0.15) is 0 Å². The number of carbonyl (C=O) groups excluding carboxylic acids is 1. The number of carbonyl (C=O) groups is 1. The van der Waals surface area contributed by atoms with E-state index >= 15 is 0 Å². The van der Waals surface area contributed by atoms with Gasteiger partial charge in [0.05, 0.1) is 50.1 Å². The molecule has 2 aliphatic rings. The molecule has 0 saturated heterocycles. The first-order valence-electron chi connectivity index (χ1n) is 41.5. The zero-order chi connectivity index (χ0) is 88.1. The Bertz CT molecular complexity index is 5660. The predicted molar refractivity (Wildman–Crippen MR) is 493 cm³/mol. The molecule has 13 heteroatoms. The van der Waals surface area contributed by atoms with Gasteiger partial charge in [0.2, 0.25) is 0 Å². The van der Waals surface area contributed by atoms with Crippen LogP contribution >= 0.6 is 0 Å². The molecule has 0 bridgehead atoms. The Balaban J connectivity index is 0.000000191. The highest BCUT2D eigenvalue weighted by Crippen LogP contribution is 2.43. The lowest BCUT2D eigenvalue weighted by Gasteiger charge is -2.38. The van der Waals surface area contributed by atoms with Crippen molar-refractivity contribution in [3.05, 3.63) is 217 Å². The lowest BCUT2D eigenvalue weighted by atomic mass is 9.71. The Kier molecular flexibility index (Phi) is 27.0. The van der Waals surface area contributed by atoms with Crippen LogP contribution in [0.25, 0.3) is 54.5 Å². The van der Waals surface area contributed by atoms with Crippen molar-refractivity contribution >= 4 is 66.0 Å². The summed E-state index contributed by atoms with van der Waals surface area (Å²) in [4.78, 5) is 85.4. The smallest absolute Gasteiger partial charge is 0.261 e. The largest absolute Gasteiger partial charge is 0.358 e. The SMILES string of the molecule is CC1=C(C)C2CC(=O)C(C(C)(C)C)=NC2C(C)=C1C.Cc1c(C)c(C)c2c(=O)[nH]c(C(C)(C)C)nc2c1C.Cc1c(C)c(C)c2c(=O)cc(C(C)(C)C)[nH]c2c1C.Cc1c(C)c(C)c2c(=O)n(C)c(C(C)(C)C)nc2c1C.Cc1c(C)c(C)c2c(C)cc(C(C)(C)C)nc2c1C.Cc1c(C)c(C)c2c(C)nc(C(C)(C)C)nc2c1C. The Labute approximate surface area is 690 Å². The summed E-state index contributed by atoms with van der Waals surface area (Å²) in [5, 5.41) is 4.91. The number of nitrogens with zero attached hydrogens (tertiary/aromatic N) is 7. The van der Waals surface area contributed by atoms with E-state index in [1.54, 1.807) is 10.6 Å². The molecule has 0 radical (unpaired) electrons. The summed E-state index contributed by atoms with van der Waals surface area (Å²) < 4.78 is 1.70. The lowest BCUT2D eigenvalue weighted by Crippen LogP contribution is -2.41. The lowest BCUT2D eigenvalue weighted by molar-refractivity contribution is -0.114. The molecule has 1 aliphatic carbocycles. The van der Waals surface area contributed by atoms with E-state index in [1.165, 1.54) is 133 Å². The predicted octanol–water partition coefficient (Wildman–Crippen LogP) is 24.6. The third-order valence-electron chi connectivity index (χ3n) is 26.1. The minimum absolute atomic E-state index is 0.0158. The highest BCUT2D eigenvalue weighted by atomic mass is 16.1. The van der Waals surface area contributed by atoms with Gasteiger partial charge in [-0.15, -0.1) is 0 Å². The van der Waals surface area contributed by atoms with E-state index in [9.17, 15) is 19.2 Å². The van der Waals surface area contributed by atoms with Crippen LogP contribution in [0.2, 0.25) is 0 Å². The number of pyridine rings is 2. The maximum absolute atomic E-state index is 12.8. The standard InChI is InChI=1S/C18H25N.C17H24N2O.C17H24N2.C17H23NO.C17H25NO.C16H22N2O/c1-10-9-15(18(6,7)8)19-17-14(5)12(3)11(2)13(4)16(10)17;1-9-10(2)12(4)14-13(11(9)3)15(20)19(8)16(18-14)17(5,6)7;1-9-10(2)12(4)15-14(11(9)3)13(5)18-16(19-15)17(6,7)8;1-9-10(2)12(4)16-15(11(9)3)13(19)8-14(18-16)17(5,6)7;1-9-10(2)12(4)15-13(11(9)3)8-14(19)16(18-15)17(5,6)7;1-8-9(2)11(4)13-12(10(8)3)14(19)18-15(17-13)16(5,6)7/h9H,1-8H3;1-8H3;1-8H3;8H,1-7H3,(H,18,19);13,15H,8H2,1-7H3;1-7H3,(H,17,18,19). The van der Waals surface area contributed by atoms with Crippen LogP contribution in [-0.4, -0.2) is 57.0 Å². The fourth-order valence-corrected chi connectivity index (χ4v) is 16.2. The number of ketones is 1. The molecule has 0 saturated carbocycles. The third kappa shape index (κ3) is 18.3. The topological polar surface area (TPSA) is 182 Å². The molecular weight excluding hydrogens is 1420 g/mol. The van der Waals surface area contributed by atoms with Crippen LogP contribution in [0.1, 0.15) is 310 Å². The van der Waals surface area contributed by atoms with Crippen molar-refractivity contribution in [2.75, 3.05) is 0 Å². The molecule has 620 valence electrons. The number of fused-ring (bicyclic) bond motifs is 6. The average Bonchev–Trinajstić information content (AvgIpc) is 0.812. The zero-order valence-electron chi connectivity index (χ0n) is 79.8. The second-order valence-corrected chi connectivity index (χ2v) is 40.1. The summed E-state index contributed by atoms with van der Waals surface area (Å²) in [5.74, 6) is 3.02. The van der Waals surface area contributed by atoms with Crippen LogP contribution in [0.5, 0.6) is 0 Å². The molecule has 10 aromatic rings. The summed E-state index contributed by atoms with van der Waals surface area (Å²) in [5.41, 5.74) is 40.2. The Morgan fingerprint density at radius 2 is 0.757 bits per heavy atom. The average molecular weight is 1560 g/mol. The van der Waals surface area contributed by atoms with Crippen molar-refractivity contribution in [3.8, 4) is 0 Å². The number of benzene rings is 5. The van der Waals surface area contributed by atoms with Crippen molar-refractivity contribution in [1.82, 2.24) is 39.5 Å². The van der Waals surface area contributed by atoms with Gasteiger partial charge in [0.25, 0.3) is 11.1 Å². The first-order chi connectivity index (χ1) is 52.3. The third-order valence-corrected chi connectivity index (χ3v) is 26.1. The number of nitrogens with one attached hydrogen (secondary N) is 2. The Morgan fingerprint density at radius 1 is 0.357 bits per heavy atom. The number of aliphatic imine (C=N–C) groups is 1. The molecule has 0 amide bonds.